The van der Waals surface area contributed by atoms with Crippen LogP contribution >= 0.6 is 15.9 Å². The molecule has 0 heterocycles. The minimum Gasteiger partial charge on any atom is -0.374 e. The van der Waals surface area contributed by atoms with Gasteiger partial charge in [0, 0.05) is 11.9 Å². The largest absolute Gasteiger partial charge is 0.374 e. The summed E-state index contributed by atoms with van der Waals surface area (Å²) in [4.78, 5) is 0. The first kappa shape index (κ1) is 16.7. The lowest BCUT2D eigenvalue weighted by atomic mass is 10.1. The molecule has 0 radical (unpaired) electrons. The molecular formula is C17H27BrO. The Morgan fingerprint density at radius 2 is 1.47 bits per heavy atom. The van der Waals surface area contributed by atoms with Gasteiger partial charge in [-0.05, 0) is 25.3 Å². The highest BCUT2D eigenvalue weighted by Gasteiger charge is 2.03. The van der Waals surface area contributed by atoms with Gasteiger partial charge < -0.3 is 4.74 Å². The van der Waals surface area contributed by atoms with Gasteiger partial charge in [-0.1, -0.05) is 78.4 Å². The Hall–Kier alpha value is -0.340. The minimum absolute atomic E-state index is 0.222. The van der Waals surface area contributed by atoms with Crippen molar-refractivity contribution in [2.45, 2.75) is 58.0 Å². The van der Waals surface area contributed by atoms with Crippen LogP contribution in [0.4, 0.5) is 0 Å². The normalized spacial score (nSPS) is 12.5. The van der Waals surface area contributed by atoms with Crippen LogP contribution in [0.25, 0.3) is 0 Å². The molecule has 19 heavy (non-hydrogen) atoms. The smallest absolute Gasteiger partial charge is 0.0796 e. The third-order valence-corrected chi connectivity index (χ3v) is 3.98. The Kier molecular flexibility index (Phi) is 10.1. The van der Waals surface area contributed by atoms with Crippen molar-refractivity contribution in [1.82, 2.24) is 0 Å². The minimum atomic E-state index is 0.222. The summed E-state index contributed by atoms with van der Waals surface area (Å²) in [6.45, 7) is 3.02. The summed E-state index contributed by atoms with van der Waals surface area (Å²) < 4.78 is 5.87. The molecule has 1 nitrogen and oxygen atoms in total. The highest BCUT2D eigenvalue weighted by molar-refractivity contribution is 9.09. The molecule has 0 saturated heterocycles. The standard InChI is InChI=1S/C17H27BrO/c1-16(17-12-8-7-9-13-17)19-15-11-6-4-2-3-5-10-14-18/h7-9,12-13,16H,2-6,10-11,14-15H2,1H3. The molecule has 0 aromatic heterocycles. The van der Waals surface area contributed by atoms with Crippen LogP contribution in [0.1, 0.15) is 63.5 Å². The molecule has 1 aromatic rings. The van der Waals surface area contributed by atoms with Gasteiger partial charge in [0.05, 0.1) is 6.10 Å². The Morgan fingerprint density at radius 3 is 2.11 bits per heavy atom. The Morgan fingerprint density at radius 1 is 0.895 bits per heavy atom. The van der Waals surface area contributed by atoms with E-state index in [0.29, 0.717) is 0 Å². The molecule has 1 unspecified atom stereocenters. The summed E-state index contributed by atoms with van der Waals surface area (Å²) in [5.41, 5.74) is 1.28. The summed E-state index contributed by atoms with van der Waals surface area (Å²) in [6.07, 6.45) is 9.51. The van der Waals surface area contributed by atoms with Crippen LogP contribution in [0.2, 0.25) is 0 Å². The Labute approximate surface area is 126 Å². The zero-order chi connectivity index (χ0) is 13.8. The van der Waals surface area contributed by atoms with Gasteiger partial charge in [-0.15, -0.1) is 0 Å². The van der Waals surface area contributed by atoms with Crippen molar-refractivity contribution in [1.29, 1.82) is 0 Å². The molecule has 1 rings (SSSR count). The molecule has 1 atom stereocenters. The molecule has 108 valence electrons. The van der Waals surface area contributed by atoms with Crippen LogP contribution in [-0.4, -0.2) is 11.9 Å². The van der Waals surface area contributed by atoms with Crippen molar-refractivity contribution in [3.63, 3.8) is 0 Å². The average Bonchev–Trinajstić information content (AvgIpc) is 2.46. The van der Waals surface area contributed by atoms with E-state index in [1.807, 2.05) is 6.07 Å². The molecule has 0 bridgehead atoms. The van der Waals surface area contributed by atoms with Crippen molar-refractivity contribution in [3.8, 4) is 0 Å². The first-order valence-electron chi connectivity index (χ1n) is 7.57. The molecule has 0 aliphatic rings. The van der Waals surface area contributed by atoms with Gasteiger partial charge in [0.1, 0.15) is 0 Å². The van der Waals surface area contributed by atoms with Crippen LogP contribution in [0.5, 0.6) is 0 Å². The van der Waals surface area contributed by atoms with Crippen molar-refractivity contribution in [2.24, 2.45) is 0 Å². The maximum absolute atomic E-state index is 5.87. The number of ether oxygens (including phenoxy) is 1. The highest BCUT2D eigenvalue weighted by Crippen LogP contribution is 2.16. The van der Waals surface area contributed by atoms with Crippen LogP contribution in [0.15, 0.2) is 30.3 Å². The molecule has 0 saturated carbocycles. The predicted molar refractivity (Wildman–Crippen MR) is 86.9 cm³/mol. The Bertz CT molecular complexity index is 299. The quantitative estimate of drug-likeness (QED) is 0.364. The van der Waals surface area contributed by atoms with Gasteiger partial charge >= 0.3 is 0 Å². The highest BCUT2D eigenvalue weighted by atomic mass is 79.9. The van der Waals surface area contributed by atoms with E-state index in [-0.39, 0.29) is 6.10 Å². The second kappa shape index (κ2) is 11.5. The van der Waals surface area contributed by atoms with Crippen molar-refractivity contribution >= 4 is 15.9 Å². The third-order valence-electron chi connectivity index (χ3n) is 3.41. The second-order valence-corrected chi connectivity index (χ2v) is 5.88. The van der Waals surface area contributed by atoms with Crippen LogP contribution in [0, 0.1) is 0 Å². The molecule has 0 N–H and O–H groups in total. The number of halogens is 1. The molecule has 0 spiro atoms. The summed E-state index contributed by atoms with van der Waals surface area (Å²) in [7, 11) is 0. The van der Waals surface area contributed by atoms with Gasteiger partial charge in [0.2, 0.25) is 0 Å². The fraction of sp³-hybridized carbons (Fsp3) is 0.647. The maximum atomic E-state index is 5.87. The Balaban J connectivity index is 1.93. The molecule has 0 aliphatic heterocycles. The molecule has 2 heteroatoms. The zero-order valence-electron chi connectivity index (χ0n) is 12.1. The van der Waals surface area contributed by atoms with Crippen molar-refractivity contribution < 1.29 is 4.74 Å². The lowest BCUT2D eigenvalue weighted by Crippen LogP contribution is -2.01. The van der Waals surface area contributed by atoms with Crippen LogP contribution in [0.3, 0.4) is 0 Å². The van der Waals surface area contributed by atoms with Gasteiger partial charge in [-0.25, -0.2) is 0 Å². The summed E-state index contributed by atoms with van der Waals surface area (Å²) in [6, 6.07) is 10.5. The monoisotopic (exact) mass is 326 g/mol. The number of benzene rings is 1. The van der Waals surface area contributed by atoms with Crippen LogP contribution in [-0.2, 0) is 4.74 Å². The van der Waals surface area contributed by atoms with Gasteiger partial charge in [-0.2, -0.15) is 0 Å². The number of hydrogen-bond acceptors (Lipinski definition) is 1. The topological polar surface area (TPSA) is 9.23 Å². The summed E-state index contributed by atoms with van der Waals surface area (Å²) in [5.74, 6) is 0. The summed E-state index contributed by atoms with van der Waals surface area (Å²) >= 11 is 3.47. The van der Waals surface area contributed by atoms with E-state index in [9.17, 15) is 0 Å². The number of alkyl halides is 1. The van der Waals surface area contributed by atoms with E-state index in [0.717, 1.165) is 11.9 Å². The number of rotatable bonds is 11. The van der Waals surface area contributed by atoms with E-state index in [1.54, 1.807) is 0 Å². The first-order valence-corrected chi connectivity index (χ1v) is 8.69. The number of unbranched alkanes of at least 4 members (excludes halogenated alkanes) is 6. The van der Waals surface area contributed by atoms with Crippen LogP contribution < -0.4 is 0 Å². The number of hydrogen-bond donors (Lipinski definition) is 0. The fourth-order valence-electron chi connectivity index (χ4n) is 2.16. The fourth-order valence-corrected chi connectivity index (χ4v) is 2.56. The van der Waals surface area contributed by atoms with Gasteiger partial charge in [0.15, 0.2) is 0 Å². The second-order valence-electron chi connectivity index (χ2n) is 5.09. The zero-order valence-corrected chi connectivity index (χ0v) is 13.7. The molecule has 0 aliphatic carbocycles. The van der Waals surface area contributed by atoms with Gasteiger partial charge in [-0.3, -0.25) is 0 Å². The molecular weight excluding hydrogens is 300 g/mol. The first-order chi connectivity index (χ1) is 9.34. The van der Waals surface area contributed by atoms with E-state index in [4.69, 9.17) is 4.74 Å². The average molecular weight is 327 g/mol. The van der Waals surface area contributed by atoms with E-state index in [1.165, 1.54) is 50.5 Å². The predicted octanol–water partition coefficient (Wildman–Crippen LogP) is 5.89. The van der Waals surface area contributed by atoms with Crippen molar-refractivity contribution in [3.05, 3.63) is 35.9 Å². The SMILES string of the molecule is CC(OCCCCCCCCCBr)c1ccccc1. The lowest BCUT2D eigenvalue weighted by Gasteiger charge is -2.13. The maximum Gasteiger partial charge on any atom is 0.0796 e. The molecule has 1 aromatic carbocycles. The van der Waals surface area contributed by atoms with E-state index >= 15 is 0 Å². The van der Waals surface area contributed by atoms with E-state index < -0.39 is 0 Å². The van der Waals surface area contributed by atoms with Crippen molar-refractivity contribution in [2.75, 3.05) is 11.9 Å². The third kappa shape index (κ3) is 8.43. The van der Waals surface area contributed by atoms with Gasteiger partial charge in [0.25, 0.3) is 0 Å². The summed E-state index contributed by atoms with van der Waals surface area (Å²) in [5, 5.41) is 1.15. The lowest BCUT2D eigenvalue weighted by molar-refractivity contribution is 0.0627. The van der Waals surface area contributed by atoms with E-state index in [2.05, 4.69) is 47.1 Å². The molecule has 0 amide bonds. The molecule has 0 fully saturated rings.